The van der Waals surface area contributed by atoms with Crippen molar-refractivity contribution in [2.24, 2.45) is 0 Å². The van der Waals surface area contributed by atoms with Crippen LogP contribution in [0.15, 0.2) is 24.3 Å². The van der Waals surface area contributed by atoms with E-state index in [-0.39, 0.29) is 5.82 Å². The van der Waals surface area contributed by atoms with Crippen LogP contribution in [0.25, 0.3) is 0 Å². The highest BCUT2D eigenvalue weighted by Gasteiger charge is 2.26. The summed E-state index contributed by atoms with van der Waals surface area (Å²) in [6.07, 6.45) is 2.46. The van der Waals surface area contributed by atoms with E-state index < -0.39 is 5.54 Å². The van der Waals surface area contributed by atoms with Crippen molar-refractivity contribution in [3.8, 4) is 6.07 Å². The number of nitrogens with one attached hydrogen (secondary N) is 1. The molecule has 1 N–H and O–H groups in total. The minimum Gasteiger partial charge on any atom is -0.367 e. The highest BCUT2D eigenvalue weighted by molar-refractivity contribution is 5.47. The molecule has 1 aromatic rings. The second-order valence-corrected chi connectivity index (χ2v) is 3.93. The van der Waals surface area contributed by atoms with Crippen LogP contribution in [0.2, 0.25) is 0 Å². The molecular formula is C13H17FN2. The lowest BCUT2D eigenvalue weighted by Crippen LogP contribution is -2.35. The van der Waals surface area contributed by atoms with Gasteiger partial charge in [-0.25, -0.2) is 4.39 Å². The minimum atomic E-state index is -0.535. The lowest BCUT2D eigenvalue weighted by Gasteiger charge is -2.27. The summed E-state index contributed by atoms with van der Waals surface area (Å²) in [6.45, 7) is 4.03. The van der Waals surface area contributed by atoms with Crippen LogP contribution < -0.4 is 5.32 Å². The summed E-state index contributed by atoms with van der Waals surface area (Å²) >= 11 is 0. The Bertz CT molecular complexity index is 367. The topological polar surface area (TPSA) is 35.8 Å². The molecule has 1 rings (SSSR count). The molecule has 3 heteroatoms. The van der Waals surface area contributed by atoms with Crippen LogP contribution in [0.5, 0.6) is 0 Å². The van der Waals surface area contributed by atoms with E-state index in [0.717, 1.165) is 24.9 Å². The summed E-state index contributed by atoms with van der Waals surface area (Å²) in [4.78, 5) is 0. The summed E-state index contributed by atoms with van der Waals surface area (Å²) in [5.41, 5.74) is 0.255. The molecule has 0 aliphatic rings. The van der Waals surface area contributed by atoms with Crippen molar-refractivity contribution in [2.75, 3.05) is 5.32 Å². The number of anilines is 1. The summed E-state index contributed by atoms with van der Waals surface area (Å²) in [6, 6.07) is 8.43. The summed E-state index contributed by atoms with van der Waals surface area (Å²) in [7, 11) is 0. The van der Waals surface area contributed by atoms with E-state index in [1.807, 2.05) is 13.8 Å². The van der Waals surface area contributed by atoms with Crippen LogP contribution in [0.4, 0.5) is 10.1 Å². The quantitative estimate of drug-likeness (QED) is 0.821. The molecule has 0 aliphatic heterocycles. The van der Waals surface area contributed by atoms with Gasteiger partial charge in [0, 0.05) is 5.69 Å². The van der Waals surface area contributed by atoms with Gasteiger partial charge in [0.2, 0.25) is 0 Å². The highest BCUT2D eigenvalue weighted by atomic mass is 19.1. The first-order valence-corrected chi connectivity index (χ1v) is 5.61. The SMILES string of the molecule is CCCC(C#N)(CC)Nc1ccc(F)cc1. The molecule has 0 heterocycles. The van der Waals surface area contributed by atoms with Crippen molar-refractivity contribution in [2.45, 2.75) is 38.6 Å². The Labute approximate surface area is 96.1 Å². The fourth-order valence-corrected chi connectivity index (χ4v) is 1.73. The van der Waals surface area contributed by atoms with Crippen LogP contribution in [0, 0.1) is 17.1 Å². The first-order chi connectivity index (χ1) is 7.65. The van der Waals surface area contributed by atoms with Gasteiger partial charge in [0.05, 0.1) is 6.07 Å². The van der Waals surface area contributed by atoms with Crippen molar-refractivity contribution in [3.05, 3.63) is 30.1 Å². The summed E-state index contributed by atoms with van der Waals surface area (Å²) in [5.74, 6) is -0.264. The highest BCUT2D eigenvalue weighted by Crippen LogP contribution is 2.23. The minimum absolute atomic E-state index is 0.264. The predicted molar refractivity (Wildman–Crippen MR) is 63.6 cm³/mol. The lowest BCUT2D eigenvalue weighted by atomic mass is 9.92. The molecule has 0 radical (unpaired) electrons. The van der Waals surface area contributed by atoms with Gasteiger partial charge in [-0.15, -0.1) is 0 Å². The third-order valence-corrected chi connectivity index (χ3v) is 2.72. The monoisotopic (exact) mass is 220 g/mol. The molecular weight excluding hydrogens is 203 g/mol. The zero-order valence-electron chi connectivity index (χ0n) is 9.76. The van der Waals surface area contributed by atoms with Gasteiger partial charge in [-0.1, -0.05) is 20.3 Å². The van der Waals surface area contributed by atoms with Gasteiger partial charge in [0.15, 0.2) is 0 Å². The number of benzene rings is 1. The molecule has 1 atom stereocenters. The van der Waals surface area contributed by atoms with Crippen LogP contribution in [0.1, 0.15) is 33.1 Å². The van der Waals surface area contributed by atoms with Crippen LogP contribution >= 0.6 is 0 Å². The normalized spacial score (nSPS) is 13.9. The van der Waals surface area contributed by atoms with E-state index >= 15 is 0 Å². The summed E-state index contributed by atoms with van der Waals surface area (Å²) in [5, 5.41) is 12.4. The maximum absolute atomic E-state index is 12.7. The van der Waals surface area contributed by atoms with E-state index in [2.05, 4.69) is 11.4 Å². The van der Waals surface area contributed by atoms with E-state index in [1.165, 1.54) is 12.1 Å². The van der Waals surface area contributed by atoms with Crippen molar-refractivity contribution < 1.29 is 4.39 Å². The molecule has 0 saturated heterocycles. The third-order valence-electron chi connectivity index (χ3n) is 2.72. The molecule has 1 unspecified atom stereocenters. The Morgan fingerprint density at radius 1 is 1.31 bits per heavy atom. The van der Waals surface area contributed by atoms with E-state index in [9.17, 15) is 9.65 Å². The fourth-order valence-electron chi connectivity index (χ4n) is 1.73. The smallest absolute Gasteiger partial charge is 0.125 e. The summed E-state index contributed by atoms with van der Waals surface area (Å²) < 4.78 is 12.7. The van der Waals surface area contributed by atoms with Gasteiger partial charge >= 0.3 is 0 Å². The molecule has 86 valence electrons. The Morgan fingerprint density at radius 3 is 2.38 bits per heavy atom. The van der Waals surface area contributed by atoms with E-state index in [1.54, 1.807) is 12.1 Å². The Balaban J connectivity index is 2.83. The molecule has 0 saturated carbocycles. The van der Waals surface area contributed by atoms with Gasteiger partial charge in [-0.05, 0) is 37.1 Å². The molecule has 16 heavy (non-hydrogen) atoms. The number of nitriles is 1. The van der Waals surface area contributed by atoms with Gasteiger partial charge in [-0.2, -0.15) is 5.26 Å². The van der Waals surface area contributed by atoms with Crippen LogP contribution in [-0.4, -0.2) is 5.54 Å². The van der Waals surface area contributed by atoms with Crippen LogP contribution in [-0.2, 0) is 0 Å². The van der Waals surface area contributed by atoms with Crippen molar-refractivity contribution in [1.82, 2.24) is 0 Å². The van der Waals surface area contributed by atoms with Gasteiger partial charge in [0.1, 0.15) is 11.4 Å². The lowest BCUT2D eigenvalue weighted by molar-refractivity contribution is 0.514. The molecule has 2 nitrogen and oxygen atoms in total. The van der Waals surface area contributed by atoms with Crippen LogP contribution in [0.3, 0.4) is 0 Å². The predicted octanol–water partition coefficient (Wildman–Crippen LogP) is 3.71. The Kier molecular flexibility index (Phi) is 4.30. The standard InChI is InChI=1S/C13H17FN2/c1-3-9-13(4-2,10-15)16-12-7-5-11(14)6-8-12/h5-8,16H,3-4,9H2,1-2H3. The second-order valence-electron chi connectivity index (χ2n) is 3.93. The van der Waals surface area contributed by atoms with Gasteiger partial charge in [-0.3, -0.25) is 0 Å². The van der Waals surface area contributed by atoms with Gasteiger partial charge < -0.3 is 5.32 Å². The second kappa shape index (κ2) is 5.50. The average Bonchev–Trinajstić information content (AvgIpc) is 2.31. The average molecular weight is 220 g/mol. The number of halogens is 1. The fraction of sp³-hybridized carbons (Fsp3) is 0.462. The first kappa shape index (κ1) is 12.5. The van der Waals surface area contributed by atoms with Crippen molar-refractivity contribution in [3.63, 3.8) is 0 Å². The first-order valence-electron chi connectivity index (χ1n) is 5.61. The molecule has 0 amide bonds. The largest absolute Gasteiger partial charge is 0.367 e. The maximum Gasteiger partial charge on any atom is 0.125 e. The number of rotatable bonds is 5. The molecule has 0 aromatic heterocycles. The zero-order chi connectivity index (χ0) is 12.0. The maximum atomic E-state index is 12.7. The van der Waals surface area contributed by atoms with Crippen molar-refractivity contribution >= 4 is 5.69 Å². The number of nitrogens with zero attached hydrogens (tertiary/aromatic N) is 1. The Morgan fingerprint density at radius 2 is 1.94 bits per heavy atom. The molecule has 0 fully saturated rings. The van der Waals surface area contributed by atoms with Crippen molar-refractivity contribution in [1.29, 1.82) is 5.26 Å². The van der Waals surface area contributed by atoms with E-state index in [4.69, 9.17) is 0 Å². The van der Waals surface area contributed by atoms with E-state index in [0.29, 0.717) is 0 Å². The number of hydrogen-bond donors (Lipinski definition) is 1. The Hall–Kier alpha value is -1.56. The zero-order valence-corrected chi connectivity index (χ0v) is 9.76. The molecule has 0 aliphatic carbocycles. The van der Waals surface area contributed by atoms with Gasteiger partial charge in [0.25, 0.3) is 0 Å². The molecule has 1 aromatic carbocycles. The third kappa shape index (κ3) is 2.96. The molecule has 0 spiro atoms. The molecule has 0 bridgehead atoms. The number of hydrogen-bond acceptors (Lipinski definition) is 2.